The standard InChI is InChI=1S/C20H24N2O3/c1-14-5-4-6-17(11-14)8-10-19(23)21-22-20(24)13-25-18-9-7-15(2)16(3)12-18/h4-7,9,11-12H,8,10,13H2,1-3H3,(H,21,23)(H,22,24). The quantitative estimate of drug-likeness (QED) is 0.795. The zero-order valence-electron chi connectivity index (χ0n) is 14.9. The fourth-order valence-corrected chi connectivity index (χ4v) is 2.32. The fraction of sp³-hybridized carbons (Fsp3) is 0.300. The molecule has 0 bridgehead atoms. The van der Waals surface area contributed by atoms with Gasteiger partial charge in [0.05, 0.1) is 0 Å². The highest BCUT2D eigenvalue weighted by Crippen LogP contribution is 2.16. The zero-order chi connectivity index (χ0) is 18.2. The van der Waals surface area contributed by atoms with E-state index < -0.39 is 5.91 Å². The van der Waals surface area contributed by atoms with Crippen molar-refractivity contribution < 1.29 is 14.3 Å². The number of nitrogens with one attached hydrogen (secondary N) is 2. The van der Waals surface area contributed by atoms with Crippen LogP contribution in [0.4, 0.5) is 0 Å². The smallest absolute Gasteiger partial charge is 0.276 e. The van der Waals surface area contributed by atoms with E-state index in [0.29, 0.717) is 18.6 Å². The lowest BCUT2D eigenvalue weighted by Crippen LogP contribution is -2.43. The lowest BCUT2D eigenvalue weighted by Gasteiger charge is -2.10. The Morgan fingerprint density at radius 2 is 1.68 bits per heavy atom. The summed E-state index contributed by atoms with van der Waals surface area (Å²) in [7, 11) is 0. The summed E-state index contributed by atoms with van der Waals surface area (Å²) in [6, 6.07) is 13.6. The molecule has 0 radical (unpaired) electrons. The highest BCUT2D eigenvalue weighted by molar-refractivity contribution is 5.82. The molecule has 0 heterocycles. The van der Waals surface area contributed by atoms with Crippen molar-refractivity contribution in [1.29, 1.82) is 0 Å². The van der Waals surface area contributed by atoms with Gasteiger partial charge in [-0.1, -0.05) is 35.9 Å². The average molecular weight is 340 g/mol. The number of amides is 2. The van der Waals surface area contributed by atoms with Crippen molar-refractivity contribution >= 4 is 11.8 Å². The summed E-state index contributed by atoms with van der Waals surface area (Å²) in [6.07, 6.45) is 0.935. The van der Waals surface area contributed by atoms with Gasteiger partial charge in [0.2, 0.25) is 5.91 Å². The van der Waals surface area contributed by atoms with Gasteiger partial charge in [-0.15, -0.1) is 0 Å². The van der Waals surface area contributed by atoms with Gasteiger partial charge in [0.15, 0.2) is 6.61 Å². The Hall–Kier alpha value is -2.82. The molecule has 0 spiro atoms. The van der Waals surface area contributed by atoms with Crippen molar-refractivity contribution in [3.63, 3.8) is 0 Å². The van der Waals surface area contributed by atoms with Crippen molar-refractivity contribution in [2.45, 2.75) is 33.6 Å². The van der Waals surface area contributed by atoms with Crippen LogP contribution in [0.3, 0.4) is 0 Å². The molecule has 0 atom stereocenters. The minimum Gasteiger partial charge on any atom is -0.484 e. The first-order chi connectivity index (χ1) is 11.9. The maximum absolute atomic E-state index is 11.8. The Bertz CT molecular complexity index is 756. The van der Waals surface area contributed by atoms with Crippen molar-refractivity contribution in [1.82, 2.24) is 10.9 Å². The van der Waals surface area contributed by atoms with E-state index in [0.717, 1.165) is 22.3 Å². The van der Waals surface area contributed by atoms with Crippen LogP contribution in [0.1, 0.15) is 28.7 Å². The van der Waals surface area contributed by atoms with E-state index in [1.54, 1.807) is 0 Å². The van der Waals surface area contributed by atoms with Gasteiger partial charge in [0.25, 0.3) is 5.91 Å². The number of aryl methyl sites for hydroxylation is 4. The number of carbonyl (C=O) groups excluding carboxylic acids is 2. The van der Waals surface area contributed by atoms with Crippen LogP contribution < -0.4 is 15.6 Å². The minimum absolute atomic E-state index is 0.152. The van der Waals surface area contributed by atoms with Crippen molar-refractivity contribution in [2.75, 3.05) is 6.61 Å². The van der Waals surface area contributed by atoms with Crippen LogP contribution >= 0.6 is 0 Å². The van der Waals surface area contributed by atoms with Gasteiger partial charge in [0.1, 0.15) is 5.75 Å². The molecule has 0 aromatic heterocycles. The van der Waals surface area contributed by atoms with Crippen LogP contribution in [0.2, 0.25) is 0 Å². The van der Waals surface area contributed by atoms with E-state index in [9.17, 15) is 9.59 Å². The van der Waals surface area contributed by atoms with E-state index in [2.05, 4.69) is 10.9 Å². The first kappa shape index (κ1) is 18.5. The first-order valence-corrected chi connectivity index (χ1v) is 8.27. The summed E-state index contributed by atoms with van der Waals surface area (Å²) >= 11 is 0. The maximum Gasteiger partial charge on any atom is 0.276 e. The van der Waals surface area contributed by atoms with Gasteiger partial charge in [0, 0.05) is 6.42 Å². The lowest BCUT2D eigenvalue weighted by molar-refractivity contribution is -0.130. The molecule has 2 rings (SSSR count). The molecular weight excluding hydrogens is 316 g/mol. The molecule has 2 aromatic rings. The number of ether oxygens (including phenoxy) is 1. The minimum atomic E-state index is -0.401. The normalized spacial score (nSPS) is 10.2. The van der Waals surface area contributed by atoms with E-state index in [1.807, 2.05) is 63.2 Å². The Labute approximate surface area is 148 Å². The van der Waals surface area contributed by atoms with Crippen LogP contribution in [0.25, 0.3) is 0 Å². The third-order valence-corrected chi connectivity index (χ3v) is 3.91. The summed E-state index contributed by atoms with van der Waals surface area (Å²) < 4.78 is 5.42. The summed E-state index contributed by atoms with van der Waals surface area (Å²) in [6.45, 7) is 5.86. The molecule has 2 N–H and O–H groups in total. The fourth-order valence-electron chi connectivity index (χ4n) is 2.32. The third kappa shape index (κ3) is 6.30. The Kier molecular flexibility index (Phi) is 6.57. The summed E-state index contributed by atoms with van der Waals surface area (Å²) in [4.78, 5) is 23.5. The number of carbonyl (C=O) groups is 2. The van der Waals surface area contributed by atoms with Gasteiger partial charge >= 0.3 is 0 Å². The summed E-state index contributed by atoms with van der Waals surface area (Å²) in [5, 5.41) is 0. The van der Waals surface area contributed by atoms with Gasteiger partial charge in [-0.2, -0.15) is 0 Å². The van der Waals surface area contributed by atoms with Crippen LogP contribution in [0.15, 0.2) is 42.5 Å². The molecule has 0 saturated heterocycles. The molecule has 5 heteroatoms. The topological polar surface area (TPSA) is 67.4 Å². The molecule has 25 heavy (non-hydrogen) atoms. The second-order valence-corrected chi connectivity index (χ2v) is 6.12. The Morgan fingerprint density at radius 1 is 0.920 bits per heavy atom. The predicted molar refractivity (Wildman–Crippen MR) is 97.2 cm³/mol. The maximum atomic E-state index is 11.8. The molecule has 0 unspecified atom stereocenters. The third-order valence-electron chi connectivity index (χ3n) is 3.91. The van der Waals surface area contributed by atoms with Gasteiger partial charge in [-0.3, -0.25) is 20.4 Å². The highest BCUT2D eigenvalue weighted by atomic mass is 16.5. The number of rotatable bonds is 6. The molecule has 0 aliphatic heterocycles. The monoisotopic (exact) mass is 340 g/mol. The molecule has 2 aromatic carbocycles. The molecule has 0 aliphatic carbocycles. The van der Waals surface area contributed by atoms with Crippen LogP contribution in [-0.4, -0.2) is 18.4 Å². The van der Waals surface area contributed by atoms with Gasteiger partial charge in [-0.05, 0) is 56.0 Å². The molecule has 2 amide bonds. The molecule has 0 aliphatic rings. The number of hydrazine groups is 1. The molecule has 5 nitrogen and oxygen atoms in total. The van der Waals surface area contributed by atoms with Crippen LogP contribution in [0.5, 0.6) is 5.75 Å². The van der Waals surface area contributed by atoms with Crippen molar-refractivity contribution in [3.05, 3.63) is 64.7 Å². The molecule has 0 fully saturated rings. The largest absolute Gasteiger partial charge is 0.484 e. The molecule has 0 saturated carbocycles. The van der Waals surface area contributed by atoms with E-state index in [4.69, 9.17) is 4.74 Å². The lowest BCUT2D eigenvalue weighted by atomic mass is 10.1. The number of hydrogen-bond donors (Lipinski definition) is 2. The Balaban J connectivity index is 1.68. The average Bonchev–Trinajstić information content (AvgIpc) is 2.59. The van der Waals surface area contributed by atoms with Crippen LogP contribution in [-0.2, 0) is 16.0 Å². The van der Waals surface area contributed by atoms with E-state index >= 15 is 0 Å². The molecular formula is C20H24N2O3. The van der Waals surface area contributed by atoms with Crippen molar-refractivity contribution in [3.8, 4) is 5.75 Å². The van der Waals surface area contributed by atoms with Gasteiger partial charge < -0.3 is 4.74 Å². The summed E-state index contributed by atoms with van der Waals surface area (Å²) in [5.74, 6) is -0.00723. The van der Waals surface area contributed by atoms with E-state index in [-0.39, 0.29) is 12.5 Å². The zero-order valence-corrected chi connectivity index (χ0v) is 14.9. The van der Waals surface area contributed by atoms with E-state index in [1.165, 1.54) is 0 Å². The summed E-state index contributed by atoms with van der Waals surface area (Å²) in [5.41, 5.74) is 9.29. The van der Waals surface area contributed by atoms with Crippen LogP contribution in [0, 0.1) is 20.8 Å². The van der Waals surface area contributed by atoms with Crippen molar-refractivity contribution in [2.24, 2.45) is 0 Å². The second kappa shape index (κ2) is 8.87. The molecule has 132 valence electrons. The first-order valence-electron chi connectivity index (χ1n) is 8.27. The SMILES string of the molecule is Cc1cccc(CCC(=O)NNC(=O)COc2ccc(C)c(C)c2)c1. The number of hydrogen-bond acceptors (Lipinski definition) is 3. The van der Waals surface area contributed by atoms with Gasteiger partial charge in [-0.25, -0.2) is 0 Å². The number of benzene rings is 2. The Morgan fingerprint density at radius 3 is 2.40 bits per heavy atom. The highest BCUT2D eigenvalue weighted by Gasteiger charge is 2.07. The predicted octanol–water partition coefficient (Wildman–Crippen LogP) is 2.77. The second-order valence-electron chi connectivity index (χ2n) is 6.12.